The Balaban J connectivity index is 1.93. The van der Waals surface area contributed by atoms with Crippen LogP contribution in [-0.4, -0.2) is 54.4 Å². The van der Waals surface area contributed by atoms with Gasteiger partial charge in [-0.25, -0.2) is 18.4 Å². The topological polar surface area (TPSA) is 88.1 Å². The van der Waals surface area contributed by atoms with Crippen LogP contribution in [0.3, 0.4) is 0 Å². The molecule has 2 N–H and O–H groups in total. The highest BCUT2D eigenvalue weighted by molar-refractivity contribution is 5.89. The third-order valence-electron chi connectivity index (χ3n) is 5.61. The lowest BCUT2D eigenvalue weighted by Crippen LogP contribution is -2.38. The fourth-order valence-electron chi connectivity index (χ4n) is 3.63. The Morgan fingerprint density at radius 3 is 2.36 bits per heavy atom. The van der Waals surface area contributed by atoms with Crippen molar-refractivity contribution in [2.24, 2.45) is 0 Å². The van der Waals surface area contributed by atoms with Crippen molar-refractivity contribution in [1.82, 2.24) is 4.90 Å². The molecule has 7 nitrogen and oxygen atoms in total. The maximum atomic E-state index is 14.0. The summed E-state index contributed by atoms with van der Waals surface area (Å²) in [5.41, 5.74) is 0.721. The minimum atomic E-state index is -1.01. The van der Waals surface area contributed by atoms with Crippen molar-refractivity contribution in [3.05, 3.63) is 59.7 Å². The average molecular weight is 507 g/mol. The lowest BCUT2D eigenvalue weighted by atomic mass is 10.1. The van der Waals surface area contributed by atoms with Crippen LogP contribution in [0, 0.1) is 11.6 Å². The minimum absolute atomic E-state index is 0.0828. The van der Waals surface area contributed by atoms with Gasteiger partial charge in [0.05, 0.1) is 12.2 Å². The second-order valence-corrected chi connectivity index (χ2v) is 8.43. The third-order valence-corrected chi connectivity index (χ3v) is 5.61. The van der Waals surface area contributed by atoms with Crippen molar-refractivity contribution < 1.29 is 33.0 Å². The summed E-state index contributed by atoms with van der Waals surface area (Å²) in [5, 5.41) is 11.7. The summed E-state index contributed by atoms with van der Waals surface area (Å²) in [4.78, 5) is 25.6. The number of urea groups is 1. The number of carbonyl (C=O) groups excluding carboxylic acids is 1. The normalized spacial score (nSPS) is 11.7. The molecular formula is C27H36F2N2O5. The lowest BCUT2D eigenvalue weighted by molar-refractivity contribution is -0.149. The Morgan fingerprint density at radius 2 is 1.72 bits per heavy atom. The molecule has 0 saturated heterocycles. The fourth-order valence-corrected chi connectivity index (χ4v) is 3.63. The van der Waals surface area contributed by atoms with E-state index >= 15 is 0 Å². The largest absolute Gasteiger partial charge is 0.492 e. The van der Waals surface area contributed by atoms with Gasteiger partial charge in [0.2, 0.25) is 0 Å². The Hall–Kier alpha value is -3.20. The molecular weight excluding hydrogens is 470 g/mol. The number of carbonyl (C=O) groups is 2. The van der Waals surface area contributed by atoms with Crippen molar-refractivity contribution in [2.75, 3.05) is 31.6 Å². The van der Waals surface area contributed by atoms with Gasteiger partial charge in [0.1, 0.15) is 24.0 Å². The molecule has 2 aromatic rings. The molecule has 0 unspecified atom stereocenters. The van der Waals surface area contributed by atoms with E-state index in [-0.39, 0.29) is 25.3 Å². The summed E-state index contributed by atoms with van der Waals surface area (Å²) in [7, 11) is 0. The van der Waals surface area contributed by atoms with E-state index in [0.717, 1.165) is 49.8 Å². The predicted octanol–water partition coefficient (Wildman–Crippen LogP) is 5.88. The summed E-state index contributed by atoms with van der Waals surface area (Å²) in [6.45, 7) is 5.16. The second kappa shape index (κ2) is 15.7. The average Bonchev–Trinajstić information content (AvgIpc) is 2.85. The van der Waals surface area contributed by atoms with Crippen LogP contribution in [0.2, 0.25) is 0 Å². The summed E-state index contributed by atoms with van der Waals surface area (Å²) in [6, 6.07) is 9.57. The first-order valence-electron chi connectivity index (χ1n) is 12.4. The molecule has 2 rings (SSSR count). The molecule has 0 aliphatic carbocycles. The van der Waals surface area contributed by atoms with Gasteiger partial charge in [-0.2, -0.15) is 0 Å². The molecule has 198 valence electrons. The van der Waals surface area contributed by atoms with Crippen LogP contribution < -0.4 is 10.1 Å². The van der Waals surface area contributed by atoms with Gasteiger partial charge in [-0.05, 0) is 43.2 Å². The zero-order chi connectivity index (χ0) is 26.3. The SMILES string of the molecule is CCCCCCCN(CCOc1ccc(C[C@H](OCC)C(=O)O)cc1)C(=O)Nc1ccc(F)cc1F. The van der Waals surface area contributed by atoms with Crippen molar-refractivity contribution in [2.45, 2.75) is 58.5 Å². The van der Waals surface area contributed by atoms with Gasteiger partial charge in [-0.3, -0.25) is 0 Å². The van der Waals surface area contributed by atoms with E-state index < -0.39 is 29.7 Å². The van der Waals surface area contributed by atoms with Gasteiger partial charge in [-0.1, -0.05) is 44.7 Å². The van der Waals surface area contributed by atoms with E-state index in [2.05, 4.69) is 12.2 Å². The zero-order valence-corrected chi connectivity index (χ0v) is 21.0. The molecule has 0 radical (unpaired) electrons. The molecule has 9 heteroatoms. The van der Waals surface area contributed by atoms with Gasteiger partial charge in [0, 0.05) is 25.6 Å². The smallest absolute Gasteiger partial charge is 0.333 e. The molecule has 0 aromatic heterocycles. The Bertz CT molecular complexity index is 956. The first kappa shape index (κ1) is 29.0. The number of hydrogen-bond acceptors (Lipinski definition) is 4. The number of nitrogens with one attached hydrogen (secondary N) is 1. The van der Waals surface area contributed by atoms with Gasteiger partial charge < -0.3 is 24.8 Å². The van der Waals surface area contributed by atoms with Gasteiger partial charge in [0.25, 0.3) is 0 Å². The number of hydrogen-bond donors (Lipinski definition) is 2. The van der Waals surface area contributed by atoms with Gasteiger partial charge >= 0.3 is 12.0 Å². The maximum absolute atomic E-state index is 14.0. The number of nitrogens with zero attached hydrogens (tertiary/aromatic N) is 1. The first-order valence-corrected chi connectivity index (χ1v) is 12.4. The molecule has 0 aliphatic rings. The van der Waals surface area contributed by atoms with E-state index in [9.17, 15) is 23.5 Å². The lowest BCUT2D eigenvalue weighted by Gasteiger charge is -2.23. The molecule has 1 atom stereocenters. The third kappa shape index (κ3) is 10.2. The summed E-state index contributed by atoms with van der Waals surface area (Å²) in [6.07, 6.45) is 4.44. The summed E-state index contributed by atoms with van der Waals surface area (Å²) < 4.78 is 38.2. The minimum Gasteiger partial charge on any atom is -0.492 e. The van der Waals surface area contributed by atoms with Gasteiger partial charge in [-0.15, -0.1) is 0 Å². The molecule has 0 heterocycles. The first-order chi connectivity index (χ1) is 17.3. The molecule has 0 saturated carbocycles. The highest BCUT2D eigenvalue weighted by Crippen LogP contribution is 2.17. The monoisotopic (exact) mass is 506 g/mol. The predicted molar refractivity (Wildman–Crippen MR) is 134 cm³/mol. The van der Waals surface area contributed by atoms with Crippen LogP contribution in [0.15, 0.2) is 42.5 Å². The zero-order valence-electron chi connectivity index (χ0n) is 21.0. The number of unbranched alkanes of at least 4 members (excludes halogenated alkanes) is 4. The number of ether oxygens (including phenoxy) is 2. The summed E-state index contributed by atoms with van der Waals surface area (Å²) >= 11 is 0. The standard InChI is InChI=1S/C27H36F2N2O5/c1-3-5-6-7-8-15-31(27(34)30-24-14-11-21(28)19-23(24)29)16-17-36-22-12-9-20(10-13-22)18-25(26(32)33)35-4-2/h9-14,19,25H,3-8,15-18H2,1-2H3,(H,30,34)(H,32,33)/t25-/m0/s1. The second-order valence-electron chi connectivity index (χ2n) is 8.43. The summed E-state index contributed by atoms with van der Waals surface area (Å²) in [5.74, 6) is -1.98. The van der Waals surface area contributed by atoms with E-state index in [0.29, 0.717) is 18.9 Å². The molecule has 2 aromatic carbocycles. The Morgan fingerprint density at radius 1 is 1.00 bits per heavy atom. The number of anilines is 1. The Kier molecular flexibility index (Phi) is 12.7. The maximum Gasteiger partial charge on any atom is 0.333 e. The number of carboxylic acids is 1. The van der Waals surface area contributed by atoms with Gasteiger partial charge in [0.15, 0.2) is 6.10 Å². The highest BCUT2D eigenvalue weighted by atomic mass is 19.1. The van der Waals surface area contributed by atoms with E-state index in [1.807, 2.05) is 0 Å². The molecule has 0 fully saturated rings. The number of benzene rings is 2. The van der Waals surface area contributed by atoms with E-state index in [1.54, 1.807) is 36.1 Å². The van der Waals surface area contributed by atoms with E-state index in [1.165, 1.54) is 6.07 Å². The van der Waals surface area contributed by atoms with Crippen molar-refractivity contribution in [1.29, 1.82) is 0 Å². The number of rotatable bonds is 16. The molecule has 36 heavy (non-hydrogen) atoms. The van der Waals surface area contributed by atoms with Crippen LogP contribution in [0.4, 0.5) is 19.3 Å². The number of halogens is 2. The quantitative estimate of drug-likeness (QED) is 0.278. The van der Waals surface area contributed by atoms with Crippen LogP contribution in [0.25, 0.3) is 0 Å². The van der Waals surface area contributed by atoms with Crippen LogP contribution in [0.1, 0.15) is 51.5 Å². The molecule has 0 bridgehead atoms. The Labute approximate surface area is 211 Å². The molecule has 0 spiro atoms. The van der Waals surface area contributed by atoms with E-state index in [4.69, 9.17) is 9.47 Å². The van der Waals surface area contributed by atoms with Crippen molar-refractivity contribution in [3.8, 4) is 5.75 Å². The fraction of sp³-hybridized carbons (Fsp3) is 0.481. The number of aliphatic carboxylic acids is 1. The number of carboxylic acid groups (broad SMARTS) is 1. The van der Waals surface area contributed by atoms with Crippen molar-refractivity contribution >= 4 is 17.7 Å². The molecule has 2 amide bonds. The highest BCUT2D eigenvalue weighted by Gasteiger charge is 2.18. The number of amides is 2. The van der Waals surface area contributed by atoms with Crippen LogP contribution in [-0.2, 0) is 16.0 Å². The van der Waals surface area contributed by atoms with Crippen LogP contribution in [0.5, 0.6) is 5.75 Å². The van der Waals surface area contributed by atoms with Crippen molar-refractivity contribution in [3.63, 3.8) is 0 Å². The van der Waals surface area contributed by atoms with Crippen LogP contribution >= 0.6 is 0 Å². The molecule has 0 aliphatic heterocycles.